The molecule has 2 N–H and O–H groups in total. The van der Waals surface area contributed by atoms with Crippen LogP contribution >= 0.6 is 0 Å². The molecule has 1 aliphatic rings. The summed E-state index contributed by atoms with van der Waals surface area (Å²) >= 11 is 0. The van der Waals surface area contributed by atoms with Gasteiger partial charge in [-0.3, -0.25) is 9.89 Å². The van der Waals surface area contributed by atoms with E-state index in [1.165, 1.54) is 5.56 Å². The maximum absolute atomic E-state index is 5.62. The Labute approximate surface area is 175 Å². The number of hydrogen-bond acceptors (Lipinski definition) is 5. The van der Waals surface area contributed by atoms with Crippen LogP contribution in [-0.2, 0) is 11.3 Å². The highest BCUT2D eigenvalue weighted by molar-refractivity contribution is 5.79. The molecule has 29 heavy (non-hydrogen) atoms. The Morgan fingerprint density at radius 1 is 1.21 bits per heavy atom. The van der Waals surface area contributed by atoms with Gasteiger partial charge in [-0.1, -0.05) is 13.8 Å². The third-order valence-corrected chi connectivity index (χ3v) is 4.86. The van der Waals surface area contributed by atoms with Crippen molar-refractivity contribution in [1.29, 1.82) is 0 Å². The Bertz CT molecular complexity index is 614. The van der Waals surface area contributed by atoms with Crippen LogP contribution in [0.2, 0.25) is 0 Å². The molecule has 1 heterocycles. The van der Waals surface area contributed by atoms with Gasteiger partial charge in [0.15, 0.2) is 5.96 Å². The summed E-state index contributed by atoms with van der Waals surface area (Å²) in [6, 6.07) is 6.45. The molecular formula is C22H38N4O3. The van der Waals surface area contributed by atoms with Crippen LogP contribution in [0.1, 0.15) is 32.3 Å². The van der Waals surface area contributed by atoms with Crippen molar-refractivity contribution >= 4 is 5.96 Å². The summed E-state index contributed by atoms with van der Waals surface area (Å²) < 4.78 is 16.4. The highest BCUT2D eigenvalue weighted by atomic mass is 16.5. The Hall–Kier alpha value is -1.99. The van der Waals surface area contributed by atoms with Crippen LogP contribution < -0.4 is 20.1 Å². The van der Waals surface area contributed by atoms with Crippen LogP contribution in [-0.4, -0.2) is 71.0 Å². The zero-order valence-corrected chi connectivity index (χ0v) is 18.7. The smallest absolute Gasteiger partial charge is 0.191 e. The lowest BCUT2D eigenvalue weighted by atomic mass is 10.2. The molecule has 1 saturated heterocycles. The van der Waals surface area contributed by atoms with Gasteiger partial charge in [0.25, 0.3) is 0 Å². The van der Waals surface area contributed by atoms with E-state index < -0.39 is 0 Å². The standard InChI is InChI=1S/C22H38N4O3/c1-17(2)16-29-10-6-8-24-22(23-3)25-19-7-9-26(15-19)14-18-11-20(27-4)13-21(12-18)28-5/h11-13,17,19H,6-10,14-16H2,1-5H3,(H2,23,24,25). The number of guanidine groups is 1. The van der Waals surface area contributed by atoms with Crippen molar-refractivity contribution < 1.29 is 14.2 Å². The van der Waals surface area contributed by atoms with E-state index in [1.54, 1.807) is 14.2 Å². The highest BCUT2D eigenvalue weighted by Gasteiger charge is 2.23. The van der Waals surface area contributed by atoms with E-state index in [0.29, 0.717) is 12.0 Å². The van der Waals surface area contributed by atoms with Crippen LogP contribution in [0.15, 0.2) is 23.2 Å². The Balaban J connectivity index is 1.73. The molecule has 1 aromatic rings. The Morgan fingerprint density at radius 2 is 1.93 bits per heavy atom. The van der Waals surface area contributed by atoms with E-state index in [2.05, 4.69) is 46.5 Å². The maximum Gasteiger partial charge on any atom is 0.191 e. The second-order valence-electron chi connectivity index (χ2n) is 7.91. The molecule has 1 atom stereocenters. The number of nitrogens with one attached hydrogen (secondary N) is 2. The molecule has 0 bridgehead atoms. The van der Waals surface area contributed by atoms with Crippen molar-refractivity contribution in [2.24, 2.45) is 10.9 Å². The van der Waals surface area contributed by atoms with E-state index in [1.807, 2.05) is 13.1 Å². The van der Waals surface area contributed by atoms with Crippen LogP contribution in [0.25, 0.3) is 0 Å². The molecule has 0 aromatic heterocycles. The number of ether oxygens (including phenoxy) is 3. The summed E-state index contributed by atoms with van der Waals surface area (Å²) in [6.45, 7) is 9.71. The third-order valence-electron chi connectivity index (χ3n) is 4.86. The number of aliphatic imine (C=N–C) groups is 1. The SMILES string of the molecule is CN=C(NCCCOCC(C)C)NC1CCN(Cc2cc(OC)cc(OC)c2)C1. The van der Waals surface area contributed by atoms with Gasteiger partial charge < -0.3 is 24.8 Å². The normalized spacial score (nSPS) is 17.6. The van der Waals surface area contributed by atoms with Crippen molar-refractivity contribution in [2.75, 3.05) is 54.1 Å². The molecule has 1 aliphatic heterocycles. The lowest BCUT2D eigenvalue weighted by Crippen LogP contribution is -2.44. The number of rotatable bonds is 11. The predicted octanol–water partition coefficient (Wildman–Crippen LogP) is 2.51. The minimum atomic E-state index is 0.394. The van der Waals surface area contributed by atoms with Crippen molar-refractivity contribution in [1.82, 2.24) is 15.5 Å². The Kier molecular flexibility index (Phi) is 10.1. The molecule has 2 rings (SSSR count). The summed E-state index contributed by atoms with van der Waals surface area (Å²) in [7, 11) is 5.19. The van der Waals surface area contributed by atoms with Crippen LogP contribution in [0.4, 0.5) is 0 Å². The molecule has 7 heteroatoms. The second-order valence-corrected chi connectivity index (χ2v) is 7.91. The quantitative estimate of drug-likeness (QED) is 0.334. The van der Waals surface area contributed by atoms with Gasteiger partial charge in [0.2, 0.25) is 0 Å². The van der Waals surface area contributed by atoms with Gasteiger partial charge in [-0.2, -0.15) is 0 Å². The first-order valence-electron chi connectivity index (χ1n) is 10.5. The molecule has 1 fully saturated rings. The molecule has 0 spiro atoms. The third kappa shape index (κ3) is 8.50. The van der Waals surface area contributed by atoms with Gasteiger partial charge in [-0.15, -0.1) is 0 Å². The zero-order chi connectivity index (χ0) is 21.1. The lowest BCUT2D eigenvalue weighted by Gasteiger charge is -2.19. The average molecular weight is 407 g/mol. The number of methoxy groups -OCH3 is 2. The molecule has 0 amide bonds. The fourth-order valence-electron chi connectivity index (χ4n) is 3.40. The van der Waals surface area contributed by atoms with Gasteiger partial charge in [0.05, 0.1) is 14.2 Å². The second kappa shape index (κ2) is 12.5. The van der Waals surface area contributed by atoms with E-state index in [9.17, 15) is 0 Å². The van der Waals surface area contributed by atoms with Crippen LogP contribution in [0, 0.1) is 5.92 Å². The summed E-state index contributed by atoms with van der Waals surface area (Å²) in [4.78, 5) is 6.80. The zero-order valence-electron chi connectivity index (χ0n) is 18.7. The fourth-order valence-corrected chi connectivity index (χ4v) is 3.40. The first-order valence-corrected chi connectivity index (χ1v) is 10.5. The lowest BCUT2D eigenvalue weighted by molar-refractivity contribution is 0.108. The summed E-state index contributed by atoms with van der Waals surface area (Å²) in [6.07, 6.45) is 2.07. The number of likely N-dealkylation sites (tertiary alicyclic amines) is 1. The van der Waals surface area contributed by atoms with Crippen LogP contribution in [0.3, 0.4) is 0 Å². The predicted molar refractivity (Wildman–Crippen MR) is 118 cm³/mol. The summed E-state index contributed by atoms with van der Waals surface area (Å²) in [5.41, 5.74) is 1.20. The summed E-state index contributed by atoms with van der Waals surface area (Å²) in [5, 5.41) is 6.93. The van der Waals surface area contributed by atoms with Crippen molar-refractivity contribution in [3.63, 3.8) is 0 Å². The van der Waals surface area contributed by atoms with Gasteiger partial charge in [-0.25, -0.2) is 0 Å². The number of hydrogen-bond donors (Lipinski definition) is 2. The minimum Gasteiger partial charge on any atom is -0.497 e. The highest BCUT2D eigenvalue weighted by Crippen LogP contribution is 2.24. The maximum atomic E-state index is 5.62. The van der Waals surface area contributed by atoms with Gasteiger partial charge >= 0.3 is 0 Å². The molecule has 1 unspecified atom stereocenters. The van der Waals surface area contributed by atoms with Crippen molar-refractivity contribution in [3.05, 3.63) is 23.8 Å². The van der Waals surface area contributed by atoms with Crippen LogP contribution in [0.5, 0.6) is 11.5 Å². The van der Waals surface area contributed by atoms with Gasteiger partial charge in [0, 0.05) is 58.5 Å². The molecule has 0 aliphatic carbocycles. The molecule has 164 valence electrons. The topological polar surface area (TPSA) is 67.4 Å². The number of nitrogens with zero attached hydrogens (tertiary/aromatic N) is 2. The fraction of sp³-hybridized carbons (Fsp3) is 0.682. The average Bonchev–Trinajstić information content (AvgIpc) is 3.15. The minimum absolute atomic E-state index is 0.394. The van der Waals surface area contributed by atoms with Gasteiger partial charge in [0.1, 0.15) is 11.5 Å². The largest absolute Gasteiger partial charge is 0.497 e. The number of benzene rings is 1. The van der Waals surface area contributed by atoms with E-state index in [0.717, 1.165) is 69.7 Å². The molecule has 0 radical (unpaired) electrons. The molecular weight excluding hydrogens is 368 g/mol. The molecule has 0 saturated carbocycles. The first kappa shape index (κ1) is 23.3. The van der Waals surface area contributed by atoms with E-state index in [-0.39, 0.29) is 0 Å². The molecule has 7 nitrogen and oxygen atoms in total. The van der Waals surface area contributed by atoms with Crippen molar-refractivity contribution in [2.45, 2.75) is 39.3 Å². The van der Waals surface area contributed by atoms with E-state index >= 15 is 0 Å². The summed E-state index contributed by atoms with van der Waals surface area (Å²) in [5.74, 6) is 3.11. The monoisotopic (exact) mass is 406 g/mol. The molecule has 1 aromatic carbocycles. The van der Waals surface area contributed by atoms with Crippen molar-refractivity contribution in [3.8, 4) is 11.5 Å². The van der Waals surface area contributed by atoms with E-state index in [4.69, 9.17) is 14.2 Å². The van der Waals surface area contributed by atoms with Gasteiger partial charge in [-0.05, 0) is 36.5 Å². The Morgan fingerprint density at radius 3 is 2.55 bits per heavy atom. The first-order chi connectivity index (χ1) is 14.0.